The third-order valence-electron chi connectivity index (χ3n) is 2.98. The fraction of sp³-hybridized carbons (Fsp3) is 0.0714. The SMILES string of the molecule is O=S(=O)(NCc1nccs1)c1ccc2cc(Cl)ccc2c1. The summed E-state index contributed by atoms with van der Waals surface area (Å²) in [6.45, 7) is 0.193. The molecule has 0 aliphatic carbocycles. The highest BCUT2D eigenvalue weighted by atomic mass is 35.5. The molecule has 4 nitrogen and oxygen atoms in total. The van der Waals surface area contributed by atoms with Gasteiger partial charge in [-0.2, -0.15) is 0 Å². The number of aromatic nitrogens is 1. The Morgan fingerprint density at radius 3 is 2.67 bits per heavy atom. The van der Waals surface area contributed by atoms with Crippen molar-refractivity contribution >= 4 is 43.7 Å². The molecule has 21 heavy (non-hydrogen) atoms. The quantitative estimate of drug-likeness (QED) is 0.792. The van der Waals surface area contributed by atoms with Gasteiger partial charge in [0.05, 0.1) is 11.4 Å². The molecule has 7 heteroatoms. The summed E-state index contributed by atoms with van der Waals surface area (Å²) < 4.78 is 27.1. The summed E-state index contributed by atoms with van der Waals surface area (Å²) in [6, 6.07) is 10.3. The minimum Gasteiger partial charge on any atom is -0.248 e. The minimum absolute atomic E-state index is 0.193. The summed E-state index contributed by atoms with van der Waals surface area (Å²) in [4.78, 5) is 4.28. The molecular weight excluding hydrogens is 328 g/mol. The summed E-state index contributed by atoms with van der Waals surface area (Å²) in [7, 11) is -3.55. The fourth-order valence-corrected chi connectivity index (χ4v) is 3.79. The van der Waals surface area contributed by atoms with Crippen LogP contribution in [0.2, 0.25) is 5.02 Å². The third kappa shape index (κ3) is 3.24. The van der Waals surface area contributed by atoms with Gasteiger partial charge in [-0.1, -0.05) is 23.7 Å². The Morgan fingerprint density at radius 1 is 1.14 bits per heavy atom. The van der Waals surface area contributed by atoms with E-state index in [4.69, 9.17) is 11.6 Å². The van der Waals surface area contributed by atoms with Gasteiger partial charge in [0.15, 0.2) is 0 Å². The van der Waals surface area contributed by atoms with Crippen LogP contribution in [0.4, 0.5) is 0 Å². The molecule has 0 saturated carbocycles. The normalized spacial score (nSPS) is 11.9. The largest absolute Gasteiger partial charge is 0.248 e. The molecular formula is C14H11ClN2O2S2. The van der Waals surface area contributed by atoms with Crippen molar-refractivity contribution in [3.8, 4) is 0 Å². The second kappa shape index (κ2) is 5.73. The number of nitrogens with one attached hydrogen (secondary N) is 1. The summed E-state index contributed by atoms with van der Waals surface area (Å²) in [6.07, 6.45) is 1.65. The van der Waals surface area contributed by atoms with Crippen molar-refractivity contribution < 1.29 is 8.42 Å². The van der Waals surface area contributed by atoms with Crippen LogP contribution in [0.3, 0.4) is 0 Å². The topological polar surface area (TPSA) is 59.1 Å². The van der Waals surface area contributed by atoms with Crippen molar-refractivity contribution in [1.82, 2.24) is 9.71 Å². The minimum atomic E-state index is -3.55. The second-order valence-corrected chi connectivity index (χ2v) is 7.59. The van der Waals surface area contributed by atoms with Gasteiger partial charge in [0.1, 0.15) is 5.01 Å². The smallest absolute Gasteiger partial charge is 0.240 e. The van der Waals surface area contributed by atoms with Crippen LogP contribution in [0.15, 0.2) is 52.9 Å². The Morgan fingerprint density at radius 2 is 1.90 bits per heavy atom. The average molecular weight is 339 g/mol. The number of sulfonamides is 1. The molecule has 2 aromatic carbocycles. The lowest BCUT2D eigenvalue weighted by Gasteiger charge is -2.07. The third-order valence-corrected chi connectivity index (χ3v) is 5.39. The van der Waals surface area contributed by atoms with Crippen LogP contribution >= 0.6 is 22.9 Å². The lowest BCUT2D eigenvalue weighted by Crippen LogP contribution is -2.23. The fourth-order valence-electron chi connectivity index (χ4n) is 1.94. The van der Waals surface area contributed by atoms with Crippen molar-refractivity contribution in [2.45, 2.75) is 11.4 Å². The van der Waals surface area contributed by atoms with Gasteiger partial charge in [-0.05, 0) is 35.0 Å². The van der Waals surface area contributed by atoms with Gasteiger partial charge in [-0.3, -0.25) is 0 Å². The van der Waals surface area contributed by atoms with Crippen LogP contribution in [-0.4, -0.2) is 13.4 Å². The van der Waals surface area contributed by atoms with Gasteiger partial charge >= 0.3 is 0 Å². The van der Waals surface area contributed by atoms with E-state index in [1.807, 2.05) is 5.38 Å². The predicted octanol–water partition coefficient (Wildman–Crippen LogP) is 3.43. The van der Waals surface area contributed by atoms with E-state index in [9.17, 15) is 8.42 Å². The number of benzene rings is 2. The van der Waals surface area contributed by atoms with Gasteiger partial charge in [0, 0.05) is 16.6 Å². The number of hydrogen-bond acceptors (Lipinski definition) is 4. The lowest BCUT2D eigenvalue weighted by molar-refractivity contribution is 0.581. The number of nitrogens with zero attached hydrogens (tertiary/aromatic N) is 1. The molecule has 3 rings (SSSR count). The molecule has 0 aliphatic heterocycles. The van der Waals surface area contributed by atoms with E-state index in [0.717, 1.165) is 15.8 Å². The number of hydrogen-bond donors (Lipinski definition) is 1. The van der Waals surface area contributed by atoms with Crippen molar-refractivity contribution in [3.05, 3.63) is 58.0 Å². The zero-order valence-corrected chi connectivity index (χ0v) is 13.2. The monoisotopic (exact) mass is 338 g/mol. The van der Waals surface area contributed by atoms with E-state index >= 15 is 0 Å². The Balaban J connectivity index is 1.89. The van der Waals surface area contributed by atoms with Gasteiger partial charge in [-0.25, -0.2) is 18.1 Å². The first-order chi connectivity index (χ1) is 10.0. The van der Waals surface area contributed by atoms with E-state index < -0.39 is 10.0 Å². The highest BCUT2D eigenvalue weighted by molar-refractivity contribution is 7.89. The highest BCUT2D eigenvalue weighted by Gasteiger charge is 2.14. The summed E-state index contributed by atoms with van der Waals surface area (Å²) in [5.74, 6) is 0. The first kappa shape index (κ1) is 14.5. The zero-order valence-electron chi connectivity index (χ0n) is 10.8. The molecule has 1 N–H and O–H groups in total. The van der Waals surface area contributed by atoms with Crippen molar-refractivity contribution in [2.24, 2.45) is 0 Å². The zero-order chi connectivity index (χ0) is 14.9. The Hall–Kier alpha value is -1.47. The number of fused-ring (bicyclic) bond motifs is 1. The van der Waals surface area contributed by atoms with Crippen molar-refractivity contribution in [3.63, 3.8) is 0 Å². The Bertz CT molecular complexity index is 877. The Kier molecular flexibility index (Phi) is 3.95. The summed E-state index contributed by atoms with van der Waals surface area (Å²) >= 11 is 7.33. The molecule has 0 atom stereocenters. The average Bonchev–Trinajstić information content (AvgIpc) is 2.98. The number of thiazole rings is 1. The number of rotatable bonds is 4. The second-order valence-electron chi connectivity index (χ2n) is 4.40. The molecule has 1 aromatic heterocycles. The van der Waals surface area contributed by atoms with E-state index in [1.165, 1.54) is 11.3 Å². The van der Waals surface area contributed by atoms with E-state index in [-0.39, 0.29) is 11.4 Å². The van der Waals surface area contributed by atoms with Crippen molar-refractivity contribution in [2.75, 3.05) is 0 Å². The predicted molar refractivity (Wildman–Crippen MR) is 85.1 cm³/mol. The van der Waals surface area contributed by atoms with Crippen LogP contribution < -0.4 is 4.72 Å². The maximum atomic E-state index is 12.3. The standard InChI is InChI=1S/C14H11ClN2O2S2/c15-12-3-1-11-8-13(4-2-10(11)7-12)21(18,19)17-9-14-16-5-6-20-14/h1-8,17H,9H2. The maximum absolute atomic E-state index is 12.3. The van der Waals surface area contributed by atoms with E-state index in [1.54, 1.807) is 42.6 Å². The molecule has 0 amide bonds. The first-order valence-electron chi connectivity index (χ1n) is 6.12. The van der Waals surface area contributed by atoms with Crippen molar-refractivity contribution in [1.29, 1.82) is 0 Å². The lowest BCUT2D eigenvalue weighted by atomic mass is 10.1. The molecule has 0 fully saturated rings. The maximum Gasteiger partial charge on any atom is 0.240 e. The van der Waals surface area contributed by atoms with Crippen LogP contribution in [0.25, 0.3) is 10.8 Å². The molecule has 0 bridgehead atoms. The van der Waals surface area contributed by atoms with E-state index in [2.05, 4.69) is 9.71 Å². The molecule has 0 radical (unpaired) electrons. The number of halogens is 1. The molecule has 0 spiro atoms. The molecule has 1 heterocycles. The highest BCUT2D eigenvalue weighted by Crippen LogP contribution is 2.22. The van der Waals surface area contributed by atoms with Crippen LogP contribution in [-0.2, 0) is 16.6 Å². The van der Waals surface area contributed by atoms with Gasteiger partial charge < -0.3 is 0 Å². The summed E-state index contributed by atoms with van der Waals surface area (Å²) in [5.41, 5.74) is 0. The molecule has 0 unspecified atom stereocenters. The van der Waals surface area contributed by atoms with E-state index in [0.29, 0.717) is 5.02 Å². The molecule has 0 aliphatic rings. The van der Waals surface area contributed by atoms with Gasteiger partial charge in [0.25, 0.3) is 0 Å². The molecule has 3 aromatic rings. The molecule has 0 saturated heterocycles. The summed E-state index contributed by atoms with van der Waals surface area (Å²) in [5, 5.41) is 4.90. The molecule has 108 valence electrons. The van der Waals surface area contributed by atoms with Crippen LogP contribution in [0, 0.1) is 0 Å². The van der Waals surface area contributed by atoms with Crippen LogP contribution in [0.5, 0.6) is 0 Å². The van der Waals surface area contributed by atoms with Crippen LogP contribution in [0.1, 0.15) is 5.01 Å². The van der Waals surface area contributed by atoms with Gasteiger partial charge in [-0.15, -0.1) is 11.3 Å². The Labute approximate surface area is 131 Å². The van der Waals surface area contributed by atoms with Gasteiger partial charge in [0.2, 0.25) is 10.0 Å². The first-order valence-corrected chi connectivity index (χ1v) is 8.86.